The maximum absolute atomic E-state index is 2.38. The molecule has 0 radical (unpaired) electrons. The molecule has 1 atom stereocenters. The van der Waals surface area contributed by atoms with Crippen molar-refractivity contribution in [3.05, 3.63) is 29.3 Å². The van der Waals surface area contributed by atoms with Crippen LogP contribution in [0.2, 0.25) is 0 Å². The highest BCUT2D eigenvalue weighted by atomic mass is 32.2. The fourth-order valence-corrected chi connectivity index (χ4v) is 2.81. The van der Waals surface area contributed by atoms with Crippen molar-refractivity contribution in [1.82, 2.24) is 0 Å². The topological polar surface area (TPSA) is 0 Å². The standard InChI is InChI=1S/C15H24S/c1-6-13-8-9-14(7-2)15(10-13)16-12(5)11(3)4/h8-12H,6-7H2,1-5H3. The summed E-state index contributed by atoms with van der Waals surface area (Å²) < 4.78 is 0. The Morgan fingerprint density at radius 3 is 2.25 bits per heavy atom. The predicted octanol–water partition coefficient (Wildman–Crippen LogP) is 4.95. The number of rotatable bonds is 5. The van der Waals surface area contributed by atoms with Crippen molar-refractivity contribution in [2.75, 3.05) is 0 Å². The van der Waals surface area contributed by atoms with Crippen LogP contribution < -0.4 is 0 Å². The minimum atomic E-state index is 0.692. The molecule has 0 aliphatic carbocycles. The van der Waals surface area contributed by atoms with Crippen molar-refractivity contribution in [1.29, 1.82) is 0 Å². The summed E-state index contributed by atoms with van der Waals surface area (Å²) in [7, 11) is 0. The van der Waals surface area contributed by atoms with Crippen LogP contribution in [-0.2, 0) is 12.8 Å². The number of thioether (sulfide) groups is 1. The Morgan fingerprint density at radius 2 is 1.75 bits per heavy atom. The van der Waals surface area contributed by atoms with E-state index in [0.717, 1.165) is 18.8 Å². The first-order valence-electron chi connectivity index (χ1n) is 6.36. The van der Waals surface area contributed by atoms with Gasteiger partial charge in [-0.15, -0.1) is 11.8 Å². The highest BCUT2D eigenvalue weighted by molar-refractivity contribution is 8.00. The van der Waals surface area contributed by atoms with Crippen LogP contribution in [0.3, 0.4) is 0 Å². The molecule has 0 aliphatic rings. The third kappa shape index (κ3) is 3.55. The van der Waals surface area contributed by atoms with Gasteiger partial charge in [0.2, 0.25) is 0 Å². The Balaban J connectivity index is 2.91. The van der Waals surface area contributed by atoms with E-state index in [9.17, 15) is 0 Å². The number of hydrogen-bond acceptors (Lipinski definition) is 1. The lowest BCUT2D eigenvalue weighted by molar-refractivity contribution is 0.642. The molecule has 1 unspecified atom stereocenters. The van der Waals surface area contributed by atoms with Gasteiger partial charge in [-0.3, -0.25) is 0 Å². The summed E-state index contributed by atoms with van der Waals surface area (Å²) in [5, 5.41) is 0.692. The lowest BCUT2D eigenvalue weighted by atomic mass is 10.1. The summed E-state index contributed by atoms with van der Waals surface area (Å²) in [4.78, 5) is 1.49. The first-order chi connectivity index (χ1) is 7.58. The molecule has 0 nitrogen and oxygen atoms in total. The highest BCUT2D eigenvalue weighted by Gasteiger charge is 2.11. The quantitative estimate of drug-likeness (QED) is 0.652. The van der Waals surface area contributed by atoms with E-state index in [1.165, 1.54) is 16.0 Å². The predicted molar refractivity (Wildman–Crippen MR) is 75.4 cm³/mol. The van der Waals surface area contributed by atoms with E-state index in [0.29, 0.717) is 5.25 Å². The number of benzene rings is 1. The zero-order valence-corrected chi connectivity index (χ0v) is 12.0. The van der Waals surface area contributed by atoms with Gasteiger partial charge in [-0.2, -0.15) is 0 Å². The summed E-state index contributed by atoms with van der Waals surface area (Å²) in [6.45, 7) is 11.4. The van der Waals surface area contributed by atoms with Crippen molar-refractivity contribution in [2.45, 2.75) is 57.6 Å². The largest absolute Gasteiger partial charge is 0.122 e. The van der Waals surface area contributed by atoms with E-state index in [-0.39, 0.29) is 0 Å². The van der Waals surface area contributed by atoms with E-state index in [4.69, 9.17) is 0 Å². The zero-order valence-electron chi connectivity index (χ0n) is 11.2. The highest BCUT2D eigenvalue weighted by Crippen LogP contribution is 2.31. The van der Waals surface area contributed by atoms with Crippen LogP contribution >= 0.6 is 11.8 Å². The molecule has 0 N–H and O–H groups in total. The van der Waals surface area contributed by atoms with Gasteiger partial charge in [0, 0.05) is 10.1 Å². The first kappa shape index (κ1) is 13.6. The summed E-state index contributed by atoms with van der Waals surface area (Å²) >= 11 is 2.03. The van der Waals surface area contributed by atoms with Crippen molar-refractivity contribution < 1.29 is 0 Å². The van der Waals surface area contributed by atoms with Crippen molar-refractivity contribution in [3.63, 3.8) is 0 Å². The molecule has 0 heterocycles. The molecule has 0 amide bonds. The normalized spacial score (nSPS) is 13.1. The van der Waals surface area contributed by atoms with Crippen LogP contribution in [0.15, 0.2) is 23.1 Å². The van der Waals surface area contributed by atoms with Crippen LogP contribution in [0, 0.1) is 5.92 Å². The first-order valence-corrected chi connectivity index (χ1v) is 7.24. The maximum atomic E-state index is 2.38. The summed E-state index contributed by atoms with van der Waals surface area (Å²) in [6.07, 6.45) is 2.27. The Morgan fingerprint density at radius 1 is 1.06 bits per heavy atom. The fraction of sp³-hybridized carbons (Fsp3) is 0.600. The van der Waals surface area contributed by atoms with E-state index < -0.39 is 0 Å². The third-order valence-corrected chi connectivity index (χ3v) is 4.72. The Kier molecular flexibility index (Phi) is 5.40. The van der Waals surface area contributed by atoms with Crippen LogP contribution in [0.5, 0.6) is 0 Å². The molecule has 0 saturated heterocycles. The van der Waals surface area contributed by atoms with Crippen LogP contribution in [0.25, 0.3) is 0 Å². The second-order valence-electron chi connectivity index (χ2n) is 4.72. The smallest absolute Gasteiger partial charge is 0.0109 e. The number of hydrogen-bond donors (Lipinski definition) is 0. The SMILES string of the molecule is CCc1ccc(CC)c(SC(C)C(C)C)c1. The molecule has 1 aromatic rings. The summed E-state index contributed by atoms with van der Waals surface area (Å²) in [5.41, 5.74) is 2.95. The Bertz CT molecular complexity index is 328. The number of aryl methyl sites for hydroxylation is 2. The molecule has 0 aliphatic heterocycles. The molecule has 0 aromatic heterocycles. The Labute approximate surface area is 105 Å². The molecule has 0 fully saturated rings. The van der Waals surface area contributed by atoms with Gasteiger partial charge in [0.25, 0.3) is 0 Å². The third-order valence-electron chi connectivity index (χ3n) is 3.17. The van der Waals surface area contributed by atoms with E-state index in [1.54, 1.807) is 0 Å². The van der Waals surface area contributed by atoms with Gasteiger partial charge in [0.15, 0.2) is 0 Å². The van der Waals surface area contributed by atoms with Crippen LogP contribution in [0.4, 0.5) is 0 Å². The average molecular weight is 236 g/mol. The minimum absolute atomic E-state index is 0.692. The minimum Gasteiger partial charge on any atom is -0.122 e. The molecule has 0 saturated carbocycles. The molecule has 1 heteroatoms. The van der Waals surface area contributed by atoms with E-state index in [1.807, 2.05) is 11.8 Å². The van der Waals surface area contributed by atoms with Gasteiger partial charge >= 0.3 is 0 Å². The van der Waals surface area contributed by atoms with E-state index in [2.05, 4.69) is 52.8 Å². The average Bonchev–Trinajstić information content (AvgIpc) is 2.28. The van der Waals surface area contributed by atoms with E-state index >= 15 is 0 Å². The second-order valence-corrected chi connectivity index (χ2v) is 6.14. The molecular weight excluding hydrogens is 212 g/mol. The van der Waals surface area contributed by atoms with Gasteiger partial charge in [-0.25, -0.2) is 0 Å². The summed E-state index contributed by atoms with van der Waals surface area (Å²) in [5.74, 6) is 0.736. The molecule has 0 bridgehead atoms. The van der Waals surface area contributed by atoms with Crippen molar-refractivity contribution in [3.8, 4) is 0 Å². The fourth-order valence-electron chi connectivity index (χ4n) is 1.56. The summed E-state index contributed by atoms with van der Waals surface area (Å²) in [6, 6.07) is 6.94. The van der Waals surface area contributed by atoms with Gasteiger partial charge in [-0.1, -0.05) is 46.8 Å². The molecule has 90 valence electrons. The zero-order chi connectivity index (χ0) is 12.1. The molecule has 1 rings (SSSR count). The van der Waals surface area contributed by atoms with Gasteiger partial charge in [0.05, 0.1) is 0 Å². The lowest BCUT2D eigenvalue weighted by Crippen LogP contribution is -2.06. The second kappa shape index (κ2) is 6.34. The van der Waals surface area contributed by atoms with Crippen molar-refractivity contribution in [2.24, 2.45) is 5.92 Å². The lowest BCUT2D eigenvalue weighted by Gasteiger charge is -2.17. The molecular formula is C15H24S. The van der Waals surface area contributed by atoms with Gasteiger partial charge in [0.1, 0.15) is 0 Å². The molecule has 1 aromatic carbocycles. The van der Waals surface area contributed by atoms with Gasteiger partial charge in [-0.05, 0) is 36.0 Å². The molecule has 0 spiro atoms. The Hall–Kier alpha value is -0.430. The van der Waals surface area contributed by atoms with Crippen LogP contribution in [0.1, 0.15) is 45.7 Å². The monoisotopic (exact) mass is 236 g/mol. The maximum Gasteiger partial charge on any atom is 0.0109 e. The van der Waals surface area contributed by atoms with Crippen LogP contribution in [-0.4, -0.2) is 5.25 Å². The van der Waals surface area contributed by atoms with Gasteiger partial charge < -0.3 is 0 Å². The molecule has 16 heavy (non-hydrogen) atoms. The van der Waals surface area contributed by atoms with Crippen molar-refractivity contribution >= 4 is 11.8 Å².